The van der Waals surface area contributed by atoms with Crippen LogP contribution in [-0.4, -0.2) is 23.7 Å². The third-order valence-electron chi connectivity index (χ3n) is 4.13. The van der Waals surface area contributed by atoms with Crippen LogP contribution in [0.25, 0.3) is 10.9 Å². The zero-order valence-corrected chi connectivity index (χ0v) is 16.6. The molecule has 5 nitrogen and oxygen atoms in total. The molecule has 0 bridgehead atoms. The quantitative estimate of drug-likeness (QED) is 0.422. The molecular formula is C19H18F2N2O3S2. The first kappa shape index (κ1) is 20.5. The lowest BCUT2D eigenvalue weighted by Crippen LogP contribution is -2.23. The lowest BCUT2D eigenvalue weighted by Gasteiger charge is -2.12. The van der Waals surface area contributed by atoms with E-state index < -0.39 is 20.5 Å². The molecule has 0 aliphatic rings. The molecule has 148 valence electrons. The summed E-state index contributed by atoms with van der Waals surface area (Å²) in [5.41, 5.74) is 1.25. The van der Waals surface area contributed by atoms with Gasteiger partial charge in [0.1, 0.15) is 0 Å². The van der Waals surface area contributed by atoms with Crippen LogP contribution in [0, 0.1) is 0 Å². The van der Waals surface area contributed by atoms with Crippen LogP contribution in [-0.2, 0) is 22.1 Å². The number of hydrogen-bond acceptors (Lipinski definition) is 5. The van der Waals surface area contributed by atoms with Crippen LogP contribution in [0.5, 0.6) is 0 Å². The number of fused-ring (bicyclic) bond motifs is 1. The van der Waals surface area contributed by atoms with Gasteiger partial charge in [-0.05, 0) is 36.2 Å². The number of sulfone groups is 1. The van der Waals surface area contributed by atoms with Crippen molar-refractivity contribution in [2.75, 3.05) is 0 Å². The first-order chi connectivity index (χ1) is 13.3. The van der Waals surface area contributed by atoms with Crippen molar-refractivity contribution in [2.24, 2.45) is 0 Å². The van der Waals surface area contributed by atoms with Gasteiger partial charge in [0.25, 0.3) is 5.56 Å². The van der Waals surface area contributed by atoms with E-state index in [4.69, 9.17) is 0 Å². The fourth-order valence-electron chi connectivity index (χ4n) is 2.70. The largest absolute Gasteiger partial charge is 0.341 e. The Balaban J connectivity index is 1.87. The highest BCUT2D eigenvalue weighted by molar-refractivity contribution is 7.98. The number of benzene rings is 2. The molecule has 0 unspecified atom stereocenters. The third-order valence-corrected chi connectivity index (χ3v) is 6.57. The molecule has 0 radical (unpaired) electrons. The topological polar surface area (TPSA) is 69.0 Å². The van der Waals surface area contributed by atoms with Crippen LogP contribution < -0.4 is 5.56 Å². The van der Waals surface area contributed by atoms with Crippen LogP contribution in [0.1, 0.15) is 18.9 Å². The molecule has 0 saturated heterocycles. The van der Waals surface area contributed by atoms with Gasteiger partial charge in [-0.2, -0.15) is 8.78 Å². The molecule has 0 aliphatic heterocycles. The van der Waals surface area contributed by atoms with E-state index in [-0.39, 0.29) is 5.56 Å². The smallest absolute Gasteiger partial charge is 0.287 e. The van der Waals surface area contributed by atoms with E-state index in [1.165, 1.54) is 36.0 Å². The maximum atomic E-state index is 12.7. The summed E-state index contributed by atoms with van der Waals surface area (Å²) < 4.78 is 49.9. The summed E-state index contributed by atoms with van der Waals surface area (Å²) in [6, 6.07) is 12.5. The zero-order chi connectivity index (χ0) is 20.3. The van der Waals surface area contributed by atoms with Gasteiger partial charge in [-0.1, -0.05) is 43.0 Å². The Hall–Kier alpha value is -2.26. The van der Waals surface area contributed by atoms with E-state index in [1.807, 2.05) is 13.0 Å². The van der Waals surface area contributed by atoms with Crippen molar-refractivity contribution in [2.45, 2.75) is 41.5 Å². The Labute approximate surface area is 165 Å². The number of aromatic nitrogens is 2. The molecule has 0 aliphatic carbocycles. The summed E-state index contributed by atoms with van der Waals surface area (Å²) >= 11 is 1.34. The van der Waals surface area contributed by atoms with Crippen molar-refractivity contribution in [3.8, 4) is 0 Å². The van der Waals surface area contributed by atoms with Gasteiger partial charge in [-0.3, -0.25) is 9.36 Å². The average Bonchev–Trinajstić information content (AvgIpc) is 2.69. The summed E-state index contributed by atoms with van der Waals surface area (Å²) in [6.07, 6.45) is 0.771. The van der Waals surface area contributed by atoms with Crippen molar-refractivity contribution in [1.29, 1.82) is 0 Å². The lowest BCUT2D eigenvalue weighted by molar-refractivity contribution is 0.234. The van der Waals surface area contributed by atoms with Gasteiger partial charge >= 0.3 is 5.76 Å². The molecule has 28 heavy (non-hydrogen) atoms. The van der Waals surface area contributed by atoms with Crippen LogP contribution in [0.2, 0.25) is 0 Å². The summed E-state index contributed by atoms with van der Waals surface area (Å²) in [4.78, 5) is 16.9. The molecule has 0 spiro atoms. The second-order valence-electron chi connectivity index (χ2n) is 6.11. The first-order valence-corrected chi connectivity index (χ1v) is 11.1. The SMILES string of the molecule is CCCn1c(SCc2ccc(S(=O)(=O)C(F)F)cc2)nc2ccccc2c1=O. The summed E-state index contributed by atoms with van der Waals surface area (Å²) in [6.45, 7) is 2.50. The van der Waals surface area contributed by atoms with Gasteiger partial charge in [0.2, 0.25) is 9.84 Å². The number of nitrogens with zero attached hydrogens (tertiary/aromatic N) is 2. The molecule has 0 fully saturated rings. The molecule has 3 aromatic rings. The fourth-order valence-corrected chi connectivity index (χ4v) is 4.41. The first-order valence-electron chi connectivity index (χ1n) is 8.58. The molecule has 3 rings (SSSR count). The van der Waals surface area contributed by atoms with Gasteiger partial charge < -0.3 is 0 Å². The normalized spacial score (nSPS) is 12.0. The second-order valence-corrected chi connectivity index (χ2v) is 8.97. The van der Waals surface area contributed by atoms with Crippen molar-refractivity contribution >= 4 is 32.5 Å². The van der Waals surface area contributed by atoms with Crippen molar-refractivity contribution in [3.05, 3.63) is 64.4 Å². The predicted molar refractivity (Wildman–Crippen MR) is 105 cm³/mol. The average molecular weight is 424 g/mol. The van der Waals surface area contributed by atoms with Gasteiger partial charge in [0.05, 0.1) is 15.8 Å². The molecule has 0 amide bonds. The van der Waals surface area contributed by atoms with E-state index in [0.717, 1.165) is 12.0 Å². The number of thioether (sulfide) groups is 1. The van der Waals surface area contributed by atoms with Gasteiger partial charge in [-0.15, -0.1) is 0 Å². The highest BCUT2D eigenvalue weighted by atomic mass is 32.2. The van der Waals surface area contributed by atoms with Gasteiger partial charge in [0.15, 0.2) is 5.16 Å². The number of hydrogen-bond donors (Lipinski definition) is 0. The number of alkyl halides is 2. The third kappa shape index (κ3) is 4.10. The Kier molecular flexibility index (Phi) is 6.14. The number of para-hydroxylation sites is 1. The minimum atomic E-state index is -4.60. The maximum absolute atomic E-state index is 12.7. The molecular weight excluding hydrogens is 406 g/mol. The van der Waals surface area contributed by atoms with E-state index in [1.54, 1.807) is 22.8 Å². The summed E-state index contributed by atoms with van der Waals surface area (Å²) in [5.74, 6) is -3.03. The van der Waals surface area contributed by atoms with E-state index in [0.29, 0.717) is 28.4 Å². The molecule has 0 atom stereocenters. The summed E-state index contributed by atoms with van der Waals surface area (Å²) in [5, 5.41) is 1.12. The molecule has 1 heterocycles. The van der Waals surface area contributed by atoms with Crippen LogP contribution in [0.15, 0.2) is 63.4 Å². The van der Waals surface area contributed by atoms with Crippen molar-refractivity contribution in [3.63, 3.8) is 0 Å². The number of rotatable bonds is 7. The Morgan fingerprint density at radius 2 is 1.79 bits per heavy atom. The minimum Gasteiger partial charge on any atom is -0.287 e. The van der Waals surface area contributed by atoms with Crippen LogP contribution in [0.3, 0.4) is 0 Å². The molecule has 2 aromatic carbocycles. The monoisotopic (exact) mass is 424 g/mol. The van der Waals surface area contributed by atoms with Crippen LogP contribution >= 0.6 is 11.8 Å². The molecule has 1 aromatic heterocycles. The molecule has 0 saturated carbocycles. The fraction of sp³-hybridized carbons (Fsp3) is 0.263. The molecule has 9 heteroatoms. The Morgan fingerprint density at radius 3 is 2.43 bits per heavy atom. The highest BCUT2D eigenvalue weighted by Crippen LogP contribution is 2.24. The Bertz CT molecular complexity index is 1140. The summed E-state index contributed by atoms with van der Waals surface area (Å²) in [7, 11) is -4.60. The minimum absolute atomic E-state index is 0.103. The van der Waals surface area contributed by atoms with Gasteiger partial charge in [-0.25, -0.2) is 13.4 Å². The van der Waals surface area contributed by atoms with Crippen molar-refractivity contribution in [1.82, 2.24) is 9.55 Å². The maximum Gasteiger partial charge on any atom is 0.341 e. The second kappa shape index (κ2) is 8.40. The van der Waals surface area contributed by atoms with E-state index in [9.17, 15) is 22.0 Å². The van der Waals surface area contributed by atoms with E-state index >= 15 is 0 Å². The van der Waals surface area contributed by atoms with Gasteiger partial charge in [0, 0.05) is 12.3 Å². The Morgan fingerprint density at radius 1 is 1.11 bits per heavy atom. The standard InChI is InChI=1S/C19H18F2N2O3S2/c1-2-11-23-17(24)15-5-3-4-6-16(15)22-19(23)27-12-13-7-9-14(10-8-13)28(25,26)18(20)21/h3-10,18H,2,11-12H2,1H3. The lowest BCUT2D eigenvalue weighted by atomic mass is 10.2. The molecule has 0 N–H and O–H groups in total. The van der Waals surface area contributed by atoms with Crippen molar-refractivity contribution < 1.29 is 17.2 Å². The zero-order valence-electron chi connectivity index (χ0n) is 15.0. The number of halogens is 2. The van der Waals surface area contributed by atoms with E-state index in [2.05, 4.69) is 4.98 Å². The predicted octanol–water partition coefficient (Wildman–Crippen LogP) is 4.10. The van der Waals surface area contributed by atoms with Crippen LogP contribution in [0.4, 0.5) is 8.78 Å². The highest BCUT2D eigenvalue weighted by Gasteiger charge is 2.26.